The first kappa shape index (κ1) is 15.5. The molecule has 0 saturated carbocycles. The Morgan fingerprint density at radius 3 is 2.90 bits per heavy atom. The van der Waals surface area contributed by atoms with E-state index in [1.54, 1.807) is 21.8 Å². The van der Waals surface area contributed by atoms with Crippen molar-refractivity contribution in [3.63, 3.8) is 0 Å². The summed E-state index contributed by atoms with van der Waals surface area (Å²) in [6.07, 6.45) is 6.20. The first-order valence-corrected chi connectivity index (χ1v) is 7.80. The quantitative estimate of drug-likeness (QED) is 0.896. The fourth-order valence-electron chi connectivity index (χ4n) is 2.58. The molecule has 2 rings (SSSR count). The second-order valence-corrected chi connectivity index (χ2v) is 5.34. The van der Waals surface area contributed by atoms with E-state index >= 15 is 0 Å². The number of hydrogen-bond acceptors (Lipinski definition) is 3. The van der Waals surface area contributed by atoms with Gasteiger partial charge in [0.1, 0.15) is 5.69 Å². The van der Waals surface area contributed by atoms with Crippen LogP contribution in [0.1, 0.15) is 49.5 Å². The lowest BCUT2D eigenvalue weighted by Crippen LogP contribution is -2.36. The topological polar surface area (TPSA) is 67.2 Å². The standard InChI is InChI=1S/C15H24N4O2/c1-2-19-13(7-10-17-19)15(21)18-11-6-4-3-5-9-16-14(20)8-12-18/h7,10H,2-6,8-9,11-12H2,1H3,(H,16,20). The number of carbonyl (C=O) groups is 2. The van der Waals surface area contributed by atoms with Gasteiger partial charge in [-0.3, -0.25) is 14.3 Å². The third kappa shape index (κ3) is 4.31. The normalized spacial score (nSPS) is 18.0. The summed E-state index contributed by atoms with van der Waals surface area (Å²) in [7, 11) is 0. The summed E-state index contributed by atoms with van der Waals surface area (Å²) < 4.78 is 1.70. The van der Waals surface area contributed by atoms with Crippen molar-refractivity contribution in [2.24, 2.45) is 0 Å². The maximum absolute atomic E-state index is 12.6. The lowest BCUT2D eigenvalue weighted by Gasteiger charge is -2.22. The largest absolute Gasteiger partial charge is 0.356 e. The minimum absolute atomic E-state index is 0.0265. The van der Waals surface area contributed by atoms with Gasteiger partial charge in [-0.2, -0.15) is 5.10 Å². The van der Waals surface area contributed by atoms with Crippen LogP contribution in [0.2, 0.25) is 0 Å². The smallest absolute Gasteiger partial charge is 0.272 e. The molecule has 21 heavy (non-hydrogen) atoms. The summed E-state index contributed by atoms with van der Waals surface area (Å²) in [5, 5.41) is 7.05. The molecule has 6 heteroatoms. The van der Waals surface area contributed by atoms with Crippen LogP contribution in [-0.4, -0.2) is 46.1 Å². The number of aryl methyl sites for hydroxylation is 1. The molecule has 1 aromatic rings. The molecule has 1 saturated heterocycles. The molecule has 0 aliphatic carbocycles. The predicted molar refractivity (Wildman–Crippen MR) is 79.9 cm³/mol. The highest BCUT2D eigenvalue weighted by molar-refractivity contribution is 5.92. The first-order valence-electron chi connectivity index (χ1n) is 7.80. The average molecular weight is 292 g/mol. The minimum Gasteiger partial charge on any atom is -0.356 e. The van der Waals surface area contributed by atoms with E-state index in [2.05, 4.69) is 10.4 Å². The predicted octanol–water partition coefficient (Wildman–Crippen LogP) is 1.43. The molecule has 116 valence electrons. The molecule has 1 N–H and O–H groups in total. The molecule has 2 amide bonds. The highest BCUT2D eigenvalue weighted by Gasteiger charge is 2.20. The van der Waals surface area contributed by atoms with E-state index in [1.165, 1.54) is 0 Å². The van der Waals surface area contributed by atoms with Gasteiger partial charge in [0, 0.05) is 38.8 Å². The number of rotatable bonds is 2. The molecule has 1 fully saturated rings. The molecule has 1 aromatic heterocycles. The van der Waals surface area contributed by atoms with Crippen molar-refractivity contribution >= 4 is 11.8 Å². The Bertz CT molecular complexity index is 484. The zero-order chi connectivity index (χ0) is 15.1. The van der Waals surface area contributed by atoms with Gasteiger partial charge in [0.15, 0.2) is 0 Å². The van der Waals surface area contributed by atoms with E-state index < -0.39 is 0 Å². The van der Waals surface area contributed by atoms with Crippen LogP contribution >= 0.6 is 0 Å². The van der Waals surface area contributed by atoms with E-state index in [-0.39, 0.29) is 11.8 Å². The van der Waals surface area contributed by atoms with Crippen LogP contribution in [0.5, 0.6) is 0 Å². The third-order valence-electron chi connectivity index (χ3n) is 3.81. The number of hydrogen-bond donors (Lipinski definition) is 1. The van der Waals surface area contributed by atoms with E-state index in [0.29, 0.717) is 31.7 Å². The minimum atomic E-state index is -0.0265. The Hall–Kier alpha value is -1.85. The Balaban J connectivity index is 2.06. The Morgan fingerprint density at radius 2 is 2.10 bits per heavy atom. The summed E-state index contributed by atoms with van der Waals surface area (Å²) in [5.74, 6) is 0.0000890. The van der Waals surface area contributed by atoms with Crippen LogP contribution in [0.25, 0.3) is 0 Å². The highest BCUT2D eigenvalue weighted by atomic mass is 16.2. The van der Waals surface area contributed by atoms with Gasteiger partial charge in [-0.15, -0.1) is 0 Å². The molecule has 0 aromatic carbocycles. The monoisotopic (exact) mass is 292 g/mol. The number of nitrogens with zero attached hydrogens (tertiary/aromatic N) is 3. The summed E-state index contributed by atoms with van der Waals surface area (Å²) in [6, 6.07) is 1.75. The van der Waals surface area contributed by atoms with Gasteiger partial charge in [-0.05, 0) is 25.8 Å². The summed E-state index contributed by atoms with van der Waals surface area (Å²) >= 11 is 0. The van der Waals surface area contributed by atoms with Crippen molar-refractivity contribution in [3.8, 4) is 0 Å². The molecule has 0 radical (unpaired) electrons. The van der Waals surface area contributed by atoms with Gasteiger partial charge in [0.25, 0.3) is 5.91 Å². The molecule has 0 unspecified atom stereocenters. The van der Waals surface area contributed by atoms with Crippen LogP contribution < -0.4 is 5.32 Å². The molecule has 2 heterocycles. The maximum atomic E-state index is 12.6. The number of carbonyl (C=O) groups excluding carboxylic acids is 2. The molecule has 0 bridgehead atoms. The van der Waals surface area contributed by atoms with Crippen molar-refractivity contribution in [2.75, 3.05) is 19.6 Å². The molecule has 1 aliphatic heterocycles. The first-order chi connectivity index (χ1) is 10.2. The van der Waals surface area contributed by atoms with Crippen LogP contribution in [0.3, 0.4) is 0 Å². The van der Waals surface area contributed by atoms with Crippen molar-refractivity contribution in [2.45, 2.75) is 45.6 Å². The van der Waals surface area contributed by atoms with Crippen molar-refractivity contribution < 1.29 is 9.59 Å². The van der Waals surface area contributed by atoms with Gasteiger partial charge < -0.3 is 10.2 Å². The number of amides is 2. The lowest BCUT2D eigenvalue weighted by molar-refractivity contribution is -0.121. The molecular weight excluding hydrogens is 268 g/mol. The van der Waals surface area contributed by atoms with E-state index in [9.17, 15) is 9.59 Å². The molecular formula is C15H24N4O2. The zero-order valence-electron chi connectivity index (χ0n) is 12.7. The Morgan fingerprint density at radius 1 is 1.29 bits per heavy atom. The molecule has 1 aliphatic rings. The van der Waals surface area contributed by atoms with E-state index in [4.69, 9.17) is 0 Å². The SMILES string of the molecule is CCn1nccc1C(=O)N1CCCCCCNC(=O)CC1. The maximum Gasteiger partial charge on any atom is 0.272 e. The van der Waals surface area contributed by atoms with Crippen molar-refractivity contribution in [1.29, 1.82) is 0 Å². The fourth-order valence-corrected chi connectivity index (χ4v) is 2.58. The van der Waals surface area contributed by atoms with Gasteiger partial charge in [-0.1, -0.05) is 12.8 Å². The highest BCUT2D eigenvalue weighted by Crippen LogP contribution is 2.09. The number of aromatic nitrogens is 2. The van der Waals surface area contributed by atoms with Crippen LogP contribution in [-0.2, 0) is 11.3 Å². The second kappa shape index (κ2) is 7.81. The molecule has 6 nitrogen and oxygen atoms in total. The van der Waals surface area contributed by atoms with Crippen molar-refractivity contribution in [1.82, 2.24) is 20.0 Å². The van der Waals surface area contributed by atoms with Gasteiger partial charge >= 0.3 is 0 Å². The zero-order valence-corrected chi connectivity index (χ0v) is 12.7. The third-order valence-corrected chi connectivity index (χ3v) is 3.81. The molecule has 0 spiro atoms. The fraction of sp³-hybridized carbons (Fsp3) is 0.667. The van der Waals surface area contributed by atoms with E-state index in [1.807, 2.05) is 6.92 Å². The van der Waals surface area contributed by atoms with Crippen LogP contribution in [0.4, 0.5) is 0 Å². The van der Waals surface area contributed by atoms with Crippen molar-refractivity contribution in [3.05, 3.63) is 18.0 Å². The summed E-state index contributed by atoms with van der Waals surface area (Å²) in [6.45, 7) is 4.56. The Labute approximate surface area is 125 Å². The van der Waals surface area contributed by atoms with E-state index in [0.717, 1.165) is 32.2 Å². The van der Waals surface area contributed by atoms with Gasteiger partial charge in [0.2, 0.25) is 5.91 Å². The van der Waals surface area contributed by atoms with Crippen LogP contribution in [0, 0.1) is 0 Å². The van der Waals surface area contributed by atoms with Crippen LogP contribution in [0.15, 0.2) is 12.3 Å². The summed E-state index contributed by atoms with van der Waals surface area (Å²) in [4.78, 5) is 26.1. The second-order valence-electron chi connectivity index (χ2n) is 5.34. The van der Waals surface area contributed by atoms with Gasteiger partial charge in [0.05, 0.1) is 0 Å². The van der Waals surface area contributed by atoms with Gasteiger partial charge in [-0.25, -0.2) is 0 Å². The number of nitrogens with one attached hydrogen (secondary N) is 1. The Kier molecular flexibility index (Phi) is 5.78. The summed E-state index contributed by atoms with van der Waals surface area (Å²) in [5.41, 5.74) is 0.604. The molecule has 0 atom stereocenters. The average Bonchev–Trinajstić information content (AvgIpc) is 2.94. The lowest BCUT2D eigenvalue weighted by atomic mass is 10.2.